The second-order valence-electron chi connectivity index (χ2n) is 9.63. The number of carbonyl (C=O) groups is 1. The molecule has 0 spiro atoms. The first kappa shape index (κ1) is 23.7. The Kier molecular flexibility index (Phi) is 7.66. The van der Waals surface area contributed by atoms with Crippen molar-refractivity contribution in [2.75, 3.05) is 20.2 Å². The molecule has 3 N–H and O–H groups in total. The van der Waals surface area contributed by atoms with Crippen LogP contribution < -0.4 is 15.8 Å². The Bertz CT molecular complexity index is 941. The highest BCUT2D eigenvalue weighted by molar-refractivity contribution is 5.78. The average Bonchev–Trinajstić information content (AvgIpc) is 3.28. The van der Waals surface area contributed by atoms with Crippen LogP contribution in [0.3, 0.4) is 0 Å². The molecule has 1 saturated carbocycles. The number of hydrogen-bond donors (Lipinski definition) is 2. The molecule has 2 aromatic rings. The van der Waals surface area contributed by atoms with E-state index in [0.717, 1.165) is 56.3 Å². The van der Waals surface area contributed by atoms with Gasteiger partial charge in [-0.15, -0.1) is 0 Å². The van der Waals surface area contributed by atoms with Crippen molar-refractivity contribution in [1.82, 2.24) is 10.2 Å². The van der Waals surface area contributed by atoms with Gasteiger partial charge in [-0.3, -0.25) is 4.79 Å². The van der Waals surface area contributed by atoms with Gasteiger partial charge in [0.2, 0.25) is 5.91 Å². The number of benzene rings is 2. The number of carbonyl (C=O) groups excluding carboxylic acids is 1. The second kappa shape index (κ2) is 10.7. The Morgan fingerprint density at radius 1 is 1.15 bits per heavy atom. The molecule has 1 saturated heterocycles. The number of hydrogen-bond acceptors (Lipinski definition) is 4. The van der Waals surface area contributed by atoms with E-state index in [-0.39, 0.29) is 29.6 Å². The molecule has 1 aliphatic carbocycles. The summed E-state index contributed by atoms with van der Waals surface area (Å²) in [6.45, 7) is 3.66. The molecule has 3 unspecified atom stereocenters. The fraction of sp³-hybridized carbons (Fsp3) is 0.519. The second-order valence-corrected chi connectivity index (χ2v) is 9.63. The molecule has 1 heterocycles. The van der Waals surface area contributed by atoms with Crippen LogP contribution in [-0.4, -0.2) is 43.1 Å². The van der Waals surface area contributed by atoms with Gasteiger partial charge in [0.1, 0.15) is 0 Å². The van der Waals surface area contributed by atoms with Crippen LogP contribution in [0.1, 0.15) is 67.7 Å². The number of nitrogens with one attached hydrogen (secondary N) is 1. The van der Waals surface area contributed by atoms with Gasteiger partial charge in [0.15, 0.2) is 11.6 Å². The van der Waals surface area contributed by atoms with Crippen molar-refractivity contribution in [3.8, 4) is 5.75 Å². The molecule has 0 aromatic heterocycles. The highest BCUT2D eigenvalue weighted by Gasteiger charge is 2.27. The van der Waals surface area contributed by atoms with E-state index >= 15 is 0 Å². The van der Waals surface area contributed by atoms with Crippen molar-refractivity contribution in [3.63, 3.8) is 0 Å². The lowest BCUT2D eigenvalue weighted by molar-refractivity contribution is -0.131. The molecular formula is C27H36FN3O2. The van der Waals surface area contributed by atoms with Crippen molar-refractivity contribution in [2.45, 2.75) is 69.5 Å². The predicted octanol–water partition coefficient (Wildman–Crippen LogP) is 4.31. The predicted molar refractivity (Wildman–Crippen MR) is 129 cm³/mol. The van der Waals surface area contributed by atoms with Crippen molar-refractivity contribution in [2.24, 2.45) is 5.73 Å². The van der Waals surface area contributed by atoms with Crippen LogP contribution in [0, 0.1) is 5.82 Å². The fourth-order valence-corrected chi connectivity index (χ4v) is 5.17. The minimum Gasteiger partial charge on any atom is -0.494 e. The van der Waals surface area contributed by atoms with Crippen LogP contribution >= 0.6 is 0 Å². The summed E-state index contributed by atoms with van der Waals surface area (Å²) >= 11 is 0. The van der Waals surface area contributed by atoms with Gasteiger partial charge in [-0.05, 0) is 73.8 Å². The van der Waals surface area contributed by atoms with Gasteiger partial charge in [-0.1, -0.05) is 30.3 Å². The number of piperidine rings is 1. The molecule has 6 heteroatoms. The molecule has 0 bridgehead atoms. The quantitative estimate of drug-likeness (QED) is 0.656. The maximum atomic E-state index is 13.7. The molecule has 4 rings (SSSR count). The number of methoxy groups -OCH3 is 1. The molecule has 178 valence electrons. The van der Waals surface area contributed by atoms with E-state index in [1.165, 1.54) is 18.7 Å². The number of likely N-dealkylation sites (tertiary alicyclic amines) is 1. The lowest BCUT2D eigenvalue weighted by Crippen LogP contribution is -2.43. The van der Waals surface area contributed by atoms with Gasteiger partial charge in [0, 0.05) is 31.2 Å². The lowest BCUT2D eigenvalue weighted by atomic mass is 9.95. The Hall–Kier alpha value is -2.44. The molecule has 0 radical (unpaired) electrons. The van der Waals surface area contributed by atoms with Crippen molar-refractivity contribution in [1.29, 1.82) is 0 Å². The Labute approximate surface area is 196 Å². The fourth-order valence-electron chi connectivity index (χ4n) is 5.17. The lowest BCUT2D eigenvalue weighted by Gasteiger charge is -2.30. The zero-order valence-corrected chi connectivity index (χ0v) is 19.7. The van der Waals surface area contributed by atoms with Crippen LogP contribution in [0.15, 0.2) is 42.5 Å². The molecule has 3 atom stereocenters. The van der Waals surface area contributed by atoms with E-state index in [1.807, 2.05) is 11.0 Å². The van der Waals surface area contributed by atoms with Gasteiger partial charge in [-0.25, -0.2) is 4.39 Å². The van der Waals surface area contributed by atoms with Gasteiger partial charge < -0.3 is 20.7 Å². The van der Waals surface area contributed by atoms with E-state index in [4.69, 9.17) is 10.5 Å². The molecule has 1 amide bonds. The highest BCUT2D eigenvalue weighted by atomic mass is 19.1. The molecule has 33 heavy (non-hydrogen) atoms. The third-order valence-corrected chi connectivity index (χ3v) is 7.29. The van der Waals surface area contributed by atoms with Gasteiger partial charge in [0.25, 0.3) is 0 Å². The monoisotopic (exact) mass is 453 g/mol. The van der Waals surface area contributed by atoms with Gasteiger partial charge in [0.05, 0.1) is 13.5 Å². The average molecular weight is 454 g/mol. The number of nitrogens with zero attached hydrogens (tertiary/aromatic N) is 1. The third-order valence-electron chi connectivity index (χ3n) is 7.29. The third kappa shape index (κ3) is 5.92. The summed E-state index contributed by atoms with van der Waals surface area (Å²) < 4.78 is 18.8. The maximum Gasteiger partial charge on any atom is 0.226 e. The number of halogens is 1. The zero-order chi connectivity index (χ0) is 23.4. The largest absolute Gasteiger partial charge is 0.494 e. The van der Waals surface area contributed by atoms with Crippen molar-refractivity contribution >= 4 is 5.91 Å². The van der Waals surface area contributed by atoms with E-state index in [9.17, 15) is 9.18 Å². The molecule has 2 aromatic carbocycles. The summed E-state index contributed by atoms with van der Waals surface area (Å²) in [4.78, 5) is 14.5. The zero-order valence-electron chi connectivity index (χ0n) is 19.7. The van der Waals surface area contributed by atoms with Crippen LogP contribution in [0.4, 0.5) is 4.39 Å². The molecule has 2 aliphatic rings. The van der Waals surface area contributed by atoms with E-state index in [2.05, 4.69) is 36.5 Å². The Morgan fingerprint density at radius 3 is 2.58 bits per heavy atom. The normalized spacial score (nSPS) is 22.4. The summed E-state index contributed by atoms with van der Waals surface area (Å²) in [6.07, 6.45) is 5.59. The van der Waals surface area contributed by atoms with Gasteiger partial charge in [-0.2, -0.15) is 0 Å². The standard InChI is InChI=1S/C27H36FN3O2/c1-18(21-8-10-25(28)26(17-21)33-2)30-24-9-7-22(16-24)20-5-3-19(4-6-20)15-27(32)31-13-11-23(29)12-14-31/h3-6,8,10,17-18,22-24,30H,7,9,11-16,29H2,1-2H3. The summed E-state index contributed by atoms with van der Waals surface area (Å²) in [6, 6.07) is 14.4. The topological polar surface area (TPSA) is 67.6 Å². The van der Waals surface area contributed by atoms with E-state index in [0.29, 0.717) is 18.4 Å². The van der Waals surface area contributed by atoms with Crippen molar-refractivity contribution in [3.05, 3.63) is 65.0 Å². The van der Waals surface area contributed by atoms with E-state index in [1.54, 1.807) is 6.07 Å². The van der Waals surface area contributed by atoms with Crippen LogP contribution in [0.2, 0.25) is 0 Å². The van der Waals surface area contributed by atoms with Crippen LogP contribution in [-0.2, 0) is 11.2 Å². The SMILES string of the molecule is COc1cc(C(C)NC2CCC(c3ccc(CC(=O)N4CCC(N)CC4)cc3)C2)ccc1F. The number of nitrogens with two attached hydrogens (primary N) is 1. The van der Waals surface area contributed by atoms with Crippen LogP contribution in [0.25, 0.3) is 0 Å². The van der Waals surface area contributed by atoms with E-state index < -0.39 is 0 Å². The first-order chi connectivity index (χ1) is 15.9. The smallest absolute Gasteiger partial charge is 0.226 e. The number of rotatable bonds is 7. The highest BCUT2D eigenvalue weighted by Crippen LogP contribution is 2.36. The summed E-state index contributed by atoms with van der Waals surface area (Å²) in [5.41, 5.74) is 9.39. The van der Waals surface area contributed by atoms with Gasteiger partial charge >= 0.3 is 0 Å². The summed E-state index contributed by atoms with van der Waals surface area (Å²) in [7, 11) is 1.49. The Morgan fingerprint density at radius 2 is 1.88 bits per heavy atom. The number of ether oxygens (including phenoxy) is 1. The van der Waals surface area contributed by atoms with Crippen LogP contribution in [0.5, 0.6) is 5.75 Å². The molecule has 5 nitrogen and oxygen atoms in total. The number of amides is 1. The molecule has 1 aliphatic heterocycles. The first-order valence-corrected chi connectivity index (χ1v) is 12.1. The Balaban J connectivity index is 1.28. The van der Waals surface area contributed by atoms with Crippen molar-refractivity contribution < 1.29 is 13.9 Å². The summed E-state index contributed by atoms with van der Waals surface area (Å²) in [5, 5.41) is 3.71. The minimum atomic E-state index is -0.334. The molecular weight excluding hydrogens is 417 g/mol. The maximum absolute atomic E-state index is 13.7. The summed E-state index contributed by atoms with van der Waals surface area (Å²) in [5.74, 6) is 0.671. The molecule has 2 fully saturated rings. The first-order valence-electron chi connectivity index (χ1n) is 12.1. The minimum absolute atomic E-state index is 0.126.